The van der Waals surface area contributed by atoms with E-state index in [1.807, 2.05) is 25.1 Å². The van der Waals surface area contributed by atoms with Gasteiger partial charge in [-0.15, -0.1) is 11.3 Å². The fourth-order valence-corrected chi connectivity index (χ4v) is 3.87. The van der Waals surface area contributed by atoms with Gasteiger partial charge in [-0.1, -0.05) is 12.1 Å². The van der Waals surface area contributed by atoms with Crippen LogP contribution < -0.4 is 15.4 Å². The number of rotatable bonds is 7. The Balaban J connectivity index is 1.93. The summed E-state index contributed by atoms with van der Waals surface area (Å²) < 4.78 is 22.5. The van der Waals surface area contributed by atoms with Crippen molar-refractivity contribution >= 4 is 33.0 Å². The summed E-state index contributed by atoms with van der Waals surface area (Å²) in [5.41, 5.74) is 2.60. The molecule has 0 fully saturated rings. The quantitative estimate of drug-likeness (QED) is 0.782. The predicted octanol–water partition coefficient (Wildman–Crippen LogP) is 1.96. The number of carbonyl (C=O) groups is 1. The first-order valence-electron chi connectivity index (χ1n) is 7.52. The molecule has 0 aliphatic rings. The molecule has 0 saturated heterocycles. The summed E-state index contributed by atoms with van der Waals surface area (Å²) in [4.78, 5) is 14.3. The highest BCUT2D eigenvalue weighted by atomic mass is 32.2. The Bertz CT molecular complexity index is 815. The summed E-state index contributed by atoms with van der Waals surface area (Å²) >= 11 is 0.943. The minimum absolute atomic E-state index is 0.0115. The molecule has 2 aromatic rings. The molecule has 130 valence electrons. The van der Waals surface area contributed by atoms with Crippen LogP contribution in [0.25, 0.3) is 0 Å². The Morgan fingerprint density at radius 3 is 2.67 bits per heavy atom. The molecule has 0 radical (unpaired) electrons. The van der Waals surface area contributed by atoms with Crippen molar-refractivity contribution in [3.63, 3.8) is 0 Å². The SMILES string of the molecule is CCN(CCNC(=O)c1csc(S(N)(=O)=O)c1)c1cccc(C)c1. The zero-order chi connectivity index (χ0) is 17.7. The van der Waals surface area contributed by atoms with Gasteiger partial charge in [-0.25, -0.2) is 13.6 Å². The summed E-state index contributed by atoms with van der Waals surface area (Å²) in [5.74, 6) is -0.304. The fraction of sp³-hybridized carbons (Fsp3) is 0.312. The number of anilines is 1. The number of nitrogens with two attached hydrogens (primary N) is 1. The van der Waals surface area contributed by atoms with Gasteiger partial charge in [0.05, 0.1) is 5.56 Å². The van der Waals surface area contributed by atoms with E-state index in [1.54, 1.807) is 0 Å². The maximum absolute atomic E-state index is 12.1. The number of carbonyl (C=O) groups excluding carboxylic acids is 1. The number of benzene rings is 1. The Hall–Kier alpha value is -1.90. The van der Waals surface area contributed by atoms with Crippen LogP contribution in [0.15, 0.2) is 39.9 Å². The number of amides is 1. The topological polar surface area (TPSA) is 92.5 Å². The highest BCUT2D eigenvalue weighted by Crippen LogP contribution is 2.19. The minimum atomic E-state index is -3.76. The van der Waals surface area contributed by atoms with E-state index in [4.69, 9.17) is 5.14 Å². The standard InChI is InChI=1S/C16H21N3O3S2/c1-3-19(14-6-4-5-12(2)9-14)8-7-18-16(20)13-10-15(23-11-13)24(17,21)22/h4-6,9-11H,3,7-8H2,1-2H3,(H,18,20)(H2,17,21,22). The van der Waals surface area contributed by atoms with E-state index < -0.39 is 10.0 Å². The highest BCUT2D eigenvalue weighted by Gasteiger charge is 2.15. The zero-order valence-electron chi connectivity index (χ0n) is 13.7. The zero-order valence-corrected chi connectivity index (χ0v) is 15.3. The maximum Gasteiger partial charge on any atom is 0.252 e. The van der Waals surface area contributed by atoms with E-state index in [1.165, 1.54) is 17.0 Å². The van der Waals surface area contributed by atoms with Gasteiger partial charge < -0.3 is 10.2 Å². The van der Waals surface area contributed by atoms with Gasteiger partial charge in [0.2, 0.25) is 10.0 Å². The van der Waals surface area contributed by atoms with Gasteiger partial charge in [-0.05, 0) is 37.6 Å². The van der Waals surface area contributed by atoms with Gasteiger partial charge in [-0.2, -0.15) is 0 Å². The van der Waals surface area contributed by atoms with Crippen LogP contribution in [0.5, 0.6) is 0 Å². The molecular weight excluding hydrogens is 346 g/mol. The molecule has 2 rings (SSSR count). The van der Waals surface area contributed by atoms with Gasteiger partial charge in [0.25, 0.3) is 5.91 Å². The summed E-state index contributed by atoms with van der Waals surface area (Å²) in [6.45, 7) is 6.05. The van der Waals surface area contributed by atoms with Crippen LogP contribution >= 0.6 is 11.3 Å². The van der Waals surface area contributed by atoms with E-state index in [2.05, 4.69) is 23.2 Å². The summed E-state index contributed by atoms with van der Waals surface area (Å²) in [6.07, 6.45) is 0. The molecule has 0 aliphatic carbocycles. The fourth-order valence-electron chi connectivity index (χ4n) is 2.29. The molecule has 0 spiro atoms. The van der Waals surface area contributed by atoms with Crippen LogP contribution in [0.3, 0.4) is 0 Å². The number of hydrogen-bond donors (Lipinski definition) is 2. The molecule has 6 nitrogen and oxygen atoms in total. The van der Waals surface area contributed by atoms with Gasteiger partial charge in [0, 0.05) is 30.7 Å². The molecule has 1 amide bonds. The lowest BCUT2D eigenvalue weighted by atomic mass is 10.2. The van der Waals surface area contributed by atoms with Crippen LogP contribution in [0.1, 0.15) is 22.8 Å². The van der Waals surface area contributed by atoms with E-state index in [9.17, 15) is 13.2 Å². The smallest absolute Gasteiger partial charge is 0.252 e. The van der Waals surface area contributed by atoms with Crippen LogP contribution in [0, 0.1) is 6.92 Å². The van der Waals surface area contributed by atoms with Crippen LogP contribution in [-0.4, -0.2) is 34.0 Å². The lowest BCUT2D eigenvalue weighted by Crippen LogP contribution is -2.34. The van der Waals surface area contributed by atoms with Crippen molar-refractivity contribution in [1.29, 1.82) is 0 Å². The largest absolute Gasteiger partial charge is 0.370 e. The average Bonchev–Trinajstić information content (AvgIpc) is 3.01. The van der Waals surface area contributed by atoms with Crippen molar-refractivity contribution in [1.82, 2.24) is 5.32 Å². The van der Waals surface area contributed by atoms with Crippen molar-refractivity contribution in [2.24, 2.45) is 5.14 Å². The molecule has 0 unspecified atom stereocenters. The second kappa shape index (κ2) is 7.78. The third-order valence-corrected chi connectivity index (χ3v) is 5.92. The molecule has 1 heterocycles. The maximum atomic E-state index is 12.1. The van der Waals surface area contributed by atoms with E-state index in [0.29, 0.717) is 18.7 Å². The van der Waals surface area contributed by atoms with Gasteiger partial charge in [0.1, 0.15) is 4.21 Å². The molecule has 0 saturated carbocycles. The lowest BCUT2D eigenvalue weighted by molar-refractivity contribution is 0.0955. The van der Waals surface area contributed by atoms with Crippen LogP contribution in [-0.2, 0) is 10.0 Å². The first-order chi connectivity index (χ1) is 11.3. The van der Waals surface area contributed by atoms with Crippen molar-refractivity contribution in [3.8, 4) is 0 Å². The normalized spacial score (nSPS) is 11.3. The Morgan fingerprint density at radius 1 is 1.33 bits per heavy atom. The molecule has 24 heavy (non-hydrogen) atoms. The number of primary sulfonamides is 1. The number of thiophene rings is 1. The highest BCUT2D eigenvalue weighted by molar-refractivity contribution is 7.91. The molecule has 0 atom stereocenters. The third-order valence-electron chi connectivity index (χ3n) is 3.53. The van der Waals surface area contributed by atoms with Crippen molar-refractivity contribution in [2.75, 3.05) is 24.5 Å². The van der Waals surface area contributed by atoms with Crippen molar-refractivity contribution in [3.05, 3.63) is 46.8 Å². The van der Waals surface area contributed by atoms with Gasteiger partial charge >= 0.3 is 0 Å². The lowest BCUT2D eigenvalue weighted by Gasteiger charge is -2.23. The molecular formula is C16H21N3O3S2. The molecule has 0 bridgehead atoms. The summed E-state index contributed by atoms with van der Waals surface area (Å²) in [7, 11) is -3.76. The molecule has 3 N–H and O–H groups in total. The van der Waals surface area contributed by atoms with Crippen molar-refractivity contribution in [2.45, 2.75) is 18.1 Å². The Morgan fingerprint density at radius 2 is 2.08 bits per heavy atom. The number of aryl methyl sites for hydroxylation is 1. The molecule has 1 aromatic heterocycles. The first-order valence-corrected chi connectivity index (χ1v) is 9.95. The number of sulfonamides is 1. The monoisotopic (exact) mass is 367 g/mol. The van der Waals surface area contributed by atoms with E-state index >= 15 is 0 Å². The van der Waals surface area contributed by atoms with Gasteiger partial charge in [-0.3, -0.25) is 4.79 Å². The number of hydrogen-bond acceptors (Lipinski definition) is 5. The van der Waals surface area contributed by atoms with E-state index in [-0.39, 0.29) is 10.1 Å². The second-order valence-electron chi connectivity index (χ2n) is 5.37. The molecule has 8 heteroatoms. The number of nitrogens with zero attached hydrogens (tertiary/aromatic N) is 1. The molecule has 1 aromatic carbocycles. The number of likely N-dealkylation sites (N-methyl/N-ethyl adjacent to an activating group) is 1. The first kappa shape index (κ1) is 18.4. The summed E-state index contributed by atoms with van der Waals surface area (Å²) in [6, 6.07) is 9.48. The predicted molar refractivity (Wildman–Crippen MR) is 97.1 cm³/mol. The van der Waals surface area contributed by atoms with Crippen LogP contribution in [0.4, 0.5) is 5.69 Å². The van der Waals surface area contributed by atoms with Crippen molar-refractivity contribution < 1.29 is 13.2 Å². The average molecular weight is 367 g/mol. The van der Waals surface area contributed by atoms with E-state index in [0.717, 1.165) is 23.6 Å². The Labute approximate surface area is 146 Å². The molecule has 0 aliphatic heterocycles. The minimum Gasteiger partial charge on any atom is -0.370 e. The van der Waals surface area contributed by atoms with Gasteiger partial charge in [0.15, 0.2) is 0 Å². The summed E-state index contributed by atoms with van der Waals surface area (Å²) in [5, 5.41) is 9.35. The van der Waals surface area contributed by atoms with Crippen LogP contribution in [0.2, 0.25) is 0 Å². The Kier molecular flexibility index (Phi) is 5.98. The number of nitrogens with one attached hydrogen (secondary N) is 1. The third kappa shape index (κ3) is 4.80. The second-order valence-corrected chi connectivity index (χ2v) is 8.07.